The van der Waals surface area contributed by atoms with Gasteiger partial charge in [0.15, 0.2) is 17.5 Å². The van der Waals surface area contributed by atoms with Crippen molar-refractivity contribution in [2.45, 2.75) is 0 Å². The third kappa shape index (κ3) is 7.52. The molecule has 0 saturated carbocycles. The van der Waals surface area contributed by atoms with Crippen molar-refractivity contribution in [1.82, 2.24) is 60.5 Å². The molecular weight excluding hydrogens is 785 g/mol. The van der Waals surface area contributed by atoms with Gasteiger partial charge in [-0.25, -0.2) is 29.9 Å². The van der Waals surface area contributed by atoms with E-state index < -0.39 is 0 Å². The molecule has 62 heavy (non-hydrogen) atoms. The average Bonchev–Trinajstić information content (AvgIpc) is 3.35. The maximum atomic E-state index is 5.74. The van der Waals surface area contributed by atoms with Crippen LogP contribution in [-0.4, -0.2) is 116 Å². The van der Waals surface area contributed by atoms with E-state index in [0.717, 1.165) is 91.6 Å². The van der Waals surface area contributed by atoms with Gasteiger partial charge in [0.25, 0.3) is 0 Å². The molecule has 0 amide bonds. The Balaban J connectivity index is 1.03. The zero-order chi connectivity index (χ0) is 41.8. The Morgan fingerprint density at radius 2 is 1.19 bits per heavy atom. The van der Waals surface area contributed by atoms with Crippen LogP contribution in [0.4, 0.5) is 28.8 Å². The number of anilines is 5. The van der Waals surface area contributed by atoms with Gasteiger partial charge in [-0.05, 0) is 48.5 Å². The number of hydrogen-bond donors (Lipinski definition) is 3. The minimum atomic E-state index is 0.532. The second kappa shape index (κ2) is 17.1. The molecule has 0 aliphatic carbocycles. The molecule has 310 valence electrons. The highest BCUT2D eigenvalue weighted by molar-refractivity contribution is 5.97. The summed E-state index contributed by atoms with van der Waals surface area (Å²) in [4.78, 5) is 52.5. The summed E-state index contributed by atoms with van der Waals surface area (Å²) in [7, 11) is 3.28. The number of piperazine rings is 2. The van der Waals surface area contributed by atoms with Gasteiger partial charge >= 0.3 is 0 Å². The van der Waals surface area contributed by atoms with Crippen LogP contribution in [0.15, 0.2) is 104 Å². The zero-order valence-electron chi connectivity index (χ0n) is 34.1. The molecule has 3 N–H and O–H groups in total. The number of nitrogens with one attached hydrogen (secondary N) is 3. The van der Waals surface area contributed by atoms with Gasteiger partial charge in [0.05, 0.1) is 84.1 Å². The summed E-state index contributed by atoms with van der Waals surface area (Å²) in [6.07, 6.45) is 15.6. The van der Waals surface area contributed by atoms with Gasteiger partial charge in [-0.2, -0.15) is 0 Å². The van der Waals surface area contributed by atoms with Crippen LogP contribution in [0.1, 0.15) is 0 Å². The largest absolute Gasteiger partial charge is 0.494 e. The lowest BCUT2D eigenvalue weighted by atomic mass is 10.1. The number of ether oxygens (including phenoxy) is 2. The lowest BCUT2D eigenvalue weighted by molar-refractivity contribution is 0.417. The number of hydrazine groups is 1. The molecule has 8 aromatic heterocycles. The van der Waals surface area contributed by atoms with Crippen molar-refractivity contribution in [2.24, 2.45) is 0 Å². The summed E-state index contributed by atoms with van der Waals surface area (Å²) in [6, 6.07) is 15.4. The molecule has 2 saturated heterocycles. The molecule has 10 rings (SSSR count). The Hall–Kier alpha value is -7.70. The minimum absolute atomic E-state index is 0.532. The van der Waals surface area contributed by atoms with Crippen molar-refractivity contribution >= 4 is 50.6 Å². The molecule has 18 nitrogen and oxygen atoms in total. The molecular formula is C44H42N16O2. The van der Waals surface area contributed by atoms with Crippen molar-refractivity contribution in [3.63, 3.8) is 0 Å². The first kappa shape index (κ1) is 38.5. The number of rotatable bonds is 11. The molecule has 2 aliphatic rings. The fourth-order valence-corrected chi connectivity index (χ4v) is 7.79. The average molecular weight is 827 g/mol. The van der Waals surface area contributed by atoms with E-state index in [4.69, 9.17) is 44.4 Å². The fraction of sp³-hybridized carbons (Fsp3) is 0.227. The Bertz CT molecular complexity index is 2870. The number of aromatic nitrogens is 10. The highest BCUT2D eigenvalue weighted by atomic mass is 16.5. The third-order valence-electron chi connectivity index (χ3n) is 10.8. The number of nitrogens with zero attached hydrogens (tertiary/aromatic N) is 13. The molecule has 0 bridgehead atoms. The van der Waals surface area contributed by atoms with E-state index in [1.807, 2.05) is 53.5 Å². The van der Waals surface area contributed by atoms with Gasteiger partial charge in [-0.3, -0.25) is 30.3 Å². The maximum absolute atomic E-state index is 5.74. The second-order valence-electron chi connectivity index (χ2n) is 14.6. The first-order valence-electron chi connectivity index (χ1n) is 20.3. The number of methoxy groups -OCH3 is 2. The van der Waals surface area contributed by atoms with Crippen molar-refractivity contribution in [2.75, 3.05) is 86.8 Å². The Kier molecular flexibility index (Phi) is 10.6. The van der Waals surface area contributed by atoms with Crippen LogP contribution in [-0.2, 0) is 0 Å². The summed E-state index contributed by atoms with van der Waals surface area (Å²) in [5.74, 6) is 4.49. The summed E-state index contributed by atoms with van der Waals surface area (Å²) < 4.78 is 11.5. The number of fused-ring (bicyclic) bond motifs is 2. The number of pyridine rings is 6. The van der Waals surface area contributed by atoms with Crippen LogP contribution in [0.5, 0.6) is 11.5 Å². The summed E-state index contributed by atoms with van der Waals surface area (Å²) in [5, 5.41) is 10.4. The molecule has 8 aromatic rings. The quantitative estimate of drug-likeness (QED) is 0.148. The van der Waals surface area contributed by atoms with Crippen LogP contribution in [0.25, 0.3) is 56.0 Å². The van der Waals surface area contributed by atoms with Crippen LogP contribution in [0.3, 0.4) is 0 Å². The van der Waals surface area contributed by atoms with Gasteiger partial charge in [0, 0.05) is 88.3 Å². The first-order valence-corrected chi connectivity index (χ1v) is 20.3. The van der Waals surface area contributed by atoms with E-state index in [9.17, 15) is 0 Å². The molecule has 0 spiro atoms. The van der Waals surface area contributed by atoms with Crippen molar-refractivity contribution in [1.29, 1.82) is 0 Å². The topological polar surface area (TPSA) is 193 Å². The molecule has 0 unspecified atom stereocenters. The smallest absolute Gasteiger partial charge is 0.162 e. The Morgan fingerprint density at radius 1 is 0.597 bits per heavy atom. The fourth-order valence-electron chi connectivity index (χ4n) is 7.79. The van der Waals surface area contributed by atoms with Crippen molar-refractivity contribution < 1.29 is 9.47 Å². The van der Waals surface area contributed by atoms with E-state index >= 15 is 0 Å². The summed E-state index contributed by atoms with van der Waals surface area (Å²) >= 11 is 0. The summed E-state index contributed by atoms with van der Waals surface area (Å²) in [5.41, 5.74) is 9.12. The Labute approximate surface area is 356 Å². The van der Waals surface area contributed by atoms with Gasteiger partial charge in [0.2, 0.25) is 0 Å². The van der Waals surface area contributed by atoms with Gasteiger partial charge in [-0.1, -0.05) is 0 Å². The molecule has 18 heteroatoms. The zero-order valence-corrected chi connectivity index (χ0v) is 34.1. The molecule has 0 atom stereocenters. The van der Waals surface area contributed by atoms with Crippen molar-refractivity contribution in [3.05, 3.63) is 104 Å². The summed E-state index contributed by atoms with van der Waals surface area (Å²) in [6.45, 7) is 6.57. The predicted molar refractivity (Wildman–Crippen MR) is 238 cm³/mol. The lowest BCUT2D eigenvalue weighted by Crippen LogP contribution is -2.44. The van der Waals surface area contributed by atoms with Gasteiger partial charge in [-0.15, -0.1) is 0 Å². The van der Waals surface area contributed by atoms with Crippen LogP contribution < -0.4 is 40.3 Å². The van der Waals surface area contributed by atoms with E-state index in [1.165, 1.54) is 0 Å². The number of hydrogen-bond acceptors (Lipinski definition) is 18. The molecule has 0 radical (unpaired) electrons. The lowest BCUT2D eigenvalue weighted by Gasteiger charge is -2.30. The molecule has 0 aromatic carbocycles. The van der Waals surface area contributed by atoms with E-state index in [1.54, 1.807) is 70.0 Å². The highest BCUT2D eigenvalue weighted by Gasteiger charge is 2.24. The van der Waals surface area contributed by atoms with E-state index in [2.05, 4.69) is 40.8 Å². The van der Waals surface area contributed by atoms with Crippen LogP contribution in [0.2, 0.25) is 0 Å². The third-order valence-corrected chi connectivity index (χ3v) is 10.8. The van der Waals surface area contributed by atoms with Crippen LogP contribution in [0, 0.1) is 0 Å². The highest BCUT2D eigenvalue weighted by Crippen LogP contribution is 2.37. The van der Waals surface area contributed by atoms with E-state index in [-0.39, 0.29) is 0 Å². The van der Waals surface area contributed by atoms with Gasteiger partial charge < -0.3 is 29.9 Å². The van der Waals surface area contributed by atoms with Gasteiger partial charge in [0.1, 0.15) is 28.8 Å². The monoisotopic (exact) mass is 826 g/mol. The van der Waals surface area contributed by atoms with Crippen molar-refractivity contribution in [3.8, 4) is 45.7 Å². The SMILES string of the molecule is COc1cncc2nc(-c3ccnc(-c4ncccc4NN(c4cccnc4)c4cc(-c5nc(N6CCNCC6)c6c(OC)cncc6n5)ccn4)c3)nc(N3CCNCC3)c12. The standard InChI is InChI=1S/C44H42N16O2/c1-61-35-26-48-24-33-38(35)43(58-17-13-45-14-18-58)55-41(53-33)28-7-11-50-32(21-28)40-31(6-4-10-52-40)57-60(30-5-3-9-47-23-30)37-22-29(8-12-51-37)42-54-34-25-49-27-36(62-2)39(34)44(56-42)59-19-15-46-16-20-59/h3-12,21-27,45-46,57H,13-20H2,1-2H3. The predicted octanol–water partition coefficient (Wildman–Crippen LogP) is 4.95. The van der Waals surface area contributed by atoms with Crippen LogP contribution >= 0.6 is 0 Å². The Morgan fingerprint density at radius 3 is 1.79 bits per heavy atom. The molecule has 2 fully saturated rings. The molecule has 2 aliphatic heterocycles. The minimum Gasteiger partial charge on any atom is -0.494 e. The second-order valence-corrected chi connectivity index (χ2v) is 14.6. The maximum Gasteiger partial charge on any atom is 0.162 e. The first-order chi connectivity index (χ1) is 30.6. The molecule has 10 heterocycles. The normalized spacial score (nSPS) is 14.2. The van der Waals surface area contributed by atoms with E-state index in [0.29, 0.717) is 57.1 Å².